The van der Waals surface area contributed by atoms with Gasteiger partial charge in [-0.2, -0.15) is 10.1 Å². The summed E-state index contributed by atoms with van der Waals surface area (Å²) in [5.41, 5.74) is 3.78. The third-order valence-electron chi connectivity index (χ3n) is 4.65. The molecule has 0 saturated heterocycles. The molecule has 5 heteroatoms. The van der Waals surface area contributed by atoms with Crippen LogP contribution in [-0.4, -0.2) is 14.8 Å². The second-order valence-corrected chi connectivity index (χ2v) is 6.56. The summed E-state index contributed by atoms with van der Waals surface area (Å²) in [7, 11) is 0. The van der Waals surface area contributed by atoms with Crippen LogP contribution in [0.15, 0.2) is 54.9 Å². The fourth-order valence-corrected chi connectivity index (χ4v) is 3.51. The highest BCUT2D eigenvalue weighted by molar-refractivity contribution is 6.30. The lowest BCUT2D eigenvalue weighted by molar-refractivity contribution is 0.431. The van der Waals surface area contributed by atoms with Gasteiger partial charge in [-0.3, -0.25) is 0 Å². The predicted molar refractivity (Wildman–Crippen MR) is 96.4 cm³/mol. The molecule has 3 aromatic rings. The maximum absolute atomic E-state index is 6.19. The Hall–Kier alpha value is -2.33. The van der Waals surface area contributed by atoms with E-state index in [9.17, 15) is 0 Å². The SMILES string of the molecule is CCc1ccc(C2CC(c3cccc(Cl)c3)n3ncnc3N2)cc1. The van der Waals surface area contributed by atoms with Gasteiger partial charge < -0.3 is 5.32 Å². The third-order valence-corrected chi connectivity index (χ3v) is 4.89. The van der Waals surface area contributed by atoms with E-state index in [2.05, 4.69) is 52.7 Å². The topological polar surface area (TPSA) is 42.7 Å². The second kappa shape index (κ2) is 6.29. The Morgan fingerprint density at radius 3 is 2.75 bits per heavy atom. The van der Waals surface area contributed by atoms with Crippen molar-refractivity contribution < 1.29 is 0 Å². The molecular weight excluding hydrogens is 320 g/mol. The average Bonchev–Trinajstić information content (AvgIpc) is 3.09. The van der Waals surface area contributed by atoms with Gasteiger partial charge in [0, 0.05) is 5.02 Å². The van der Waals surface area contributed by atoms with Gasteiger partial charge in [-0.15, -0.1) is 0 Å². The number of hydrogen-bond acceptors (Lipinski definition) is 3. The van der Waals surface area contributed by atoms with Gasteiger partial charge in [-0.1, -0.05) is 54.9 Å². The summed E-state index contributed by atoms with van der Waals surface area (Å²) in [5, 5.41) is 8.65. The minimum absolute atomic E-state index is 0.123. The molecule has 1 N–H and O–H groups in total. The Morgan fingerprint density at radius 2 is 2.00 bits per heavy atom. The van der Waals surface area contributed by atoms with Crippen molar-refractivity contribution in [3.05, 3.63) is 76.6 Å². The largest absolute Gasteiger partial charge is 0.348 e. The van der Waals surface area contributed by atoms with Crippen LogP contribution in [0.25, 0.3) is 0 Å². The number of anilines is 1. The van der Waals surface area contributed by atoms with Crippen molar-refractivity contribution in [2.75, 3.05) is 5.32 Å². The maximum Gasteiger partial charge on any atom is 0.222 e. The van der Waals surface area contributed by atoms with E-state index in [4.69, 9.17) is 11.6 Å². The molecule has 0 bridgehead atoms. The number of hydrogen-bond donors (Lipinski definition) is 1. The van der Waals surface area contributed by atoms with Crippen molar-refractivity contribution in [2.45, 2.75) is 31.8 Å². The van der Waals surface area contributed by atoms with Crippen LogP contribution >= 0.6 is 11.6 Å². The number of rotatable bonds is 3. The van der Waals surface area contributed by atoms with E-state index in [-0.39, 0.29) is 12.1 Å². The minimum Gasteiger partial charge on any atom is -0.348 e. The first-order valence-electron chi connectivity index (χ1n) is 8.25. The molecule has 0 saturated carbocycles. The number of benzene rings is 2. The van der Waals surface area contributed by atoms with Gasteiger partial charge in [-0.05, 0) is 41.7 Å². The Kier molecular flexibility index (Phi) is 3.98. The zero-order chi connectivity index (χ0) is 16.5. The van der Waals surface area contributed by atoms with Crippen LogP contribution in [0, 0.1) is 0 Å². The summed E-state index contributed by atoms with van der Waals surface area (Å²) in [6.07, 6.45) is 3.56. The average molecular weight is 339 g/mol. The number of aryl methyl sites for hydroxylation is 1. The van der Waals surface area contributed by atoms with Crippen LogP contribution in [0.2, 0.25) is 5.02 Å². The zero-order valence-electron chi connectivity index (χ0n) is 13.5. The standard InChI is InChI=1S/C19H19ClN4/c1-2-13-6-8-14(9-7-13)17-11-18(15-4-3-5-16(20)10-15)24-19(23-17)21-12-22-24/h3-10,12,17-18H,2,11H2,1H3,(H,21,22,23). The van der Waals surface area contributed by atoms with Crippen LogP contribution in [0.5, 0.6) is 0 Å². The van der Waals surface area contributed by atoms with E-state index < -0.39 is 0 Å². The molecule has 2 heterocycles. The molecule has 2 unspecified atom stereocenters. The van der Waals surface area contributed by atoms with Gasteiger partial charge >= 0.3 is 0 Å². The van der Waals surface area contributed by atoms with E-state index in [1.807, 2.05) is 22.9 Å². The molecule has 1 aliphatic heterocycles. The fourth-order valence-electron chi connectivity index (χ4n) is 3.32. The van der Waals surface area contributed by atoms with Gasteiger partial charge in [0.25, 0.3) is 0 Å². The van der Waals surface area contributed by atoms with Crippen LogP contribution in [-0.2, 0) is 6.42 Å². The highest BCUT2D eigenvalue weighted by Crippen LogP contribution is 2.37. The van der Waals surface area contributed by atoms with Crippen LogP contribution < -0.4 is 5.32 Å². The lowest BCUT2D eigenvalue weighted by atomic mass is 9.93. The number of aromatic nitrogens is 3. The highest BCUT2D eigenvalue weighted by atomic mass is 35.5. The van der Waals surface area contributed by atoms with Gasteiger partial charge in [0.05, 0.1) is 12.1 Å². The molecule has 1 aliphatic rings. The monoisotopic (exact) mass is 338 g/mol. The number of fused-ring (bicyclic) bond motifs is 1. The smallest absolute Gasteiger partial charge is 0.222 e. The summed E-state index contributed by atoms with van der Waals surface area (Å²) in [6, 6.07) is 17.1. The molecule has 24 heavy (non-hydrogen) atoms. The minimum atomic E-state index is 0.123. The Balaban J connectivity index is 1.70. The molecule has 4 nitrogen and oxygen atoms in total. The molecule has 0 aliphatic carbocycles. The quantitative estimate of drug-likeness (QED) is 0.756. The second-order valence-electron chi connectivity index (χ2n) is 6.13. The summed E-state index contributed by atoms with van der Waals surface area (Å²) in [6.45, 7) is 2.17. The Bertz CT molecular complexity index is 841. The van der Waals surface area contributed by atoms with Crippen molar-refractivity contribution in [1.82, 2.24) is 14.8 Å². The normalized spacial score (nSPS) is 19.6. The van der Waals surface area contributed by atoms with Crippen LogP contribution in [0.1, 0.15) is 42.1 Å². The van der Waals surface area contributed by atoms with Crippen molar-refractivity contribution in [3.63, 3.8) is 0 Å². The molecule has 0 spiro atoms. The third kappa shape index (κ3) is 2.78. The first-order chi connectivity index (χ1) is 11.7. The van der Waals surface area contributed by atoms with Gasteiger partial charge in [0.15, 0.2) is 0 Å². The summed E-state index contributed by atoms with van der Waals surface area (Å²) < 4.78 is 1.95. The van der Waals surface area contributed by atoms with E-state index in [0.29, 0.717) is 0 Å². The van der Waals surface area contributed by atoms with E-state index in [1.165, 1.54) is 11.1 Å². The molecule has 2 atom stereocenters. The lowest BCUT2D eigenvalue weighted by Gasteiger charge is -2.32. The first-order valence-corrected chi connectivity index (χ1v) is 8.62. The number of nitrogens with one attached hydrogen (secondary N) is 1. The maximum atomic E-state index is 6.19. The fraction of sp³-hybridized carbons (Fsp3) is 0.263. The predicted octanol–water partition coefficient (Wildman–Crippen LogP) is 4.64. The Labute approximate surface area is 146 Å². The van der Waals surface area contributed by atoms with Gasteiger partial charge in [0.2, 0.25) is 5.95 Å². The Morgan fingerprint density at radius 1 is 1.17 bits per heavy atom. The van der Waals surface area contributed by atoms with Crippen molar-refractivity contribution in [2.24, 2.45) is 0 Å². The molecule has 0 fully saturated rings. The van der Waals surface area contributed by atoms with Gasteiger partial charge in [-0.25, -0.2) is 4.68 Å². The lowest BCUT2D eigenvalue weighted by Crippen LogP contribution is -2.28. The highest BCUT2D eigenvalue weighted by Gasteiger charge is 2.29. The molecule has 2 aromatic carbocycles. The molecule has 0 radical (unpaired) electrons. The van der Waals surface area contributed by atoms with Crippen molar-refractivity contribution in [1.29, 1.82) is 0 Å². The zero-order valence-corrected chi connectivity index (χ0v) is 14.2. The van der Waals surface area contributed by atoms with E-state index in [0.717, 1.165) is 29.4 Å². The van der Waals surface area contributed by atoms with Crippen LogP contribution in [0.4, 0.5) is 5.95 Å². The molecule has 1 aromatic heterocycles. The van der Waals surface area contributed by atoms with Crippen LogP contribution in [0.3, 0.4) is 0 Å². The number of halogens is 1. The molecule has 122 valence electrons. The van der Waals surface area contributed by atoms with Gasteiger partial charge in [0.1, 0.15) is 6.33 Å². The summed E-state index contributed by atoms with van der Waals surface area (Å²) >= 11 is 6.19. The first kappa shape index (κ1) is 15.2. The summed E-state index contributed by atoms with van der Waals surface area (Å²) in [4.78, 5) is 4.37. The summed E-state index contributed by atoms with van der Waals surface area (Å²) in [5.74, 6) is 0.802. The van der Waals surface area contributed by atoms with E-state index >= 15 is 0 Å². The number of nitrogens with zero attached hydrogens (tertiary/aromatic N) is 3. The van der Waals surface area contributed by atoms with E-state index in [1.54, 1.807) is 6.33 Å². The molecule has 4 rings (SSSR count). The van der Waals surface area contributed by atoms with Crippen molar-refractivity contribution in [3.8, 4) is 0 Å². The van der Waals surface area contributed by atoms with Crippen molar-refractivity contribution >= 4 is 17.5 Å². The molecular formula is C19H19ClN4. The molecule has 0 amide bonds.